The smallest absolute Gasteiger partial charge is 0.322 e. The highest BCUT2D eigenvalue weighted by Gasteiger charge is 2.21. The molecule has 0 atom stereocenters. The number of aromatic amines is 2. The van der Waals surface area contributed by atoms with E-state index in [-0.39, 0.29) is 6.03 Å². The van der Waals surface area contributed by atoms with E-state index in [0.29, 0.717) is 17.2 Å². The van der Waals surface area contributed by atoms with E-state index in [1.54, 1.807) is 6.20 Å². The lowest BCUT2D eigenvalue weighted by Gasteiger charge is -2.32. The number of rotatable bonds is 3. The summed E-state index contributed by atoms with van der Waals surface area (Å²) in [6, 6.07) is 4.12. The van der Waals surface area contributed by atoms with E-state index in [0.717, 1.165) is 43.6 Å². The third-order valence-electron chi connectivity index (χ3n) is 5.22. The molecule has 0 saturated carbocycles. The first-order valence-electron chi connectivity index (χ1n) is 9.33. The number of urea groups is 1. The van der Waals surface area contributed by atoms with Crippen LogP contribution in [0.5, 0.6) is 0 Å². The zero-order chi connectivity index (χ0) is 19.0. The normalized spacial score (nSPS) is 15.4. The number of nitrogens with one attached hydrogen (secondary N) is 3. The molecule has 2 amide bonds. The van der Waals surface area contributed by atoms with Gasteiger partial charge in [-0.05, 0) is 43.7 Å². The van der Waals surface area contributed by atoms with Crippen molar-refractivity contribution in [2.24, 2.45) is 0 Å². The molecule has 1 fully saturated rings. The van der Waals surface area contributed by atoms with Crippen molar-refractivity contribution >= 4 is 22.8 Å². The quantitative estimate of drug-likeness (QED) is 0.663. The standard InChI is InChI=1S/C19H25N7O/c1-4-13-10-15-14(9-12(13)2)21-18(22-15)17-16(11-20-24-17)23-19(27)26-7-5-25(3)6-8-26/h9-11H,4-8H2,1-3H3,(H,20,24)(H,21,22)(H,23,27). The number of fused-ring (bicyclic) bond motifs is 1. The van der Waals surface area contributed by atoms with Crippen molar-refractivity contribution in [1.82, 2.24) is 30.0 Å². The number of hydrogen-bond acceptors (Lipinski definition) is 4. The number of likely N-dealkylation sites (N-methyl/N-ethyl adjacent to an activating group) is 1. The van der Waals surface area contributed by atoms with E-state index >= 15 is 0 Å². The number of aryl methyl sites for hydroxylation is 2. The molecule has 3 heterocycles. The summed E-state index contributed by atoms with van der Waals surface area (Å²) >= 11 is 0. The van der Waals surface area contributed by atoms with Crippen molar-refractivity contribution in [2.75, 3.05) is 38.5 Å². The molecule has 27 heavy (non-hydrogen) atoms. The molecule has 1 aliphatic rings. The van der Waals surface area contributed by atoms with Crippen LogP contribution >= 0.6 is 0 Å². The first kappa shape index (κ1) is 17.5. The van der Waals surface area contributed by atoms with Gasteiger partial charge in [0, 0.05) is 32.4 Å². The molecule has 8 heteroatoms. The predicted octanol–water partition coefficient (Wildman–Crippen LogP) is 2.60. The van der Waals surface area contributed by atoms with E-state index in [4.69, 9.17) is 0 Å². The maximum atomic E-state index is 12.6. The Bertz CT molecular complexity index is 966. The van der Waals surface area contributed by atoms with Crippen molar-refractivity contribution < 1.29 is 4.79 Å². The molecule has 1 saturated heterocycles. The molecule has 3 aromatic rings. The Labute approximate surface area is 158 Å². The molecule has 8 nitrogen and oxygen atoms in total. The molecule has 142 valence electrons. The minimum absolute atomic E-state index is 0.106. The summed E-state index contributed by atoms with van der Waals surface area (Å²) < 4.78 is 0. The number of H-pyrrole nitrogens is 2. The van der Waals surface area contributed by atoms with E-state index in [1.807, 2.05) is 4.90 Å². The lowest BCUT2D eigenvalue weighted by Crippen LogP contribution is -2.48. The molecule has 2 aromatic heterocycles. The van der Waals surface area contributed by atoms with Crippen molar-refractivity contribution in [3.8, 4) is 11.5 Å². The van der Waals surface area contributed by atoms with E-state index in [1.165, 1.54) is 11.1 Å². The molecular formula is C19H25N7O. The number of aromatic nitrogens is 4. The zero-order valence-electron chi connectivity index (χ0n) is 16.0. The fourth-order valence-electron chi connectivity index (χ4n) is 3.47. The van der Waals surface area contributed by atoms with Crippen LogP contribution in [0.15, 0.2) is 18.3 Å². The molecule has 3 N–H and O–H groups in total. The van der Waals surface area contributed by atoms with Gasteiger partial charge in [-0.3, -0.25) is 5.10 Å². The van der Waals surface area contributed by atoms with Crippen molar-refractivity contribution in [2.45, 2.75) is 20.3 Å². The lowest BCUT2D eigenvalue weighted by molar-refractivity contribution is 0.164. The third-order valence-corrected chi connectivity index (χ3v) is 5.22. The first-order chi connectivity index (χ1) is 13.0. The average molecular weight is 367 g/mol. The Morgan fingerprint density at radius 3 is 2.78 bits per heavy atom. The fraction of sp³-hybridized carbons (Fsp3) is 0.421. The van der Waals surface area contributed by atoms with Gasteiger partial charge in [-0.15, -0.1) is 0 Å². The molecule has 0 aliphatic carbocycles. The monoisotopic (exact) mass is 367 g/mol. The van der Waals surface area contributed by atoms with Crippen LogP contribution in [0.3, 0.4) is 0 Å². The molecule has 1 aromatic carbocycles. The number of carbonyl (C=O) groups is 1. The number of hydrogen-bond donors (Lipinski definition) is 3. The van der Waals surface area contributed by atoms with Crippen molar-refractivity contribution in [1.29, 1.82) is 0 Å². The second kappa shape index (κ2) is 7.03. The van der Waals surface area contributed by atoms with Gasteiger partial charge >= 0.3 is 6.03 Å². The Morgan fingerprint density at radius 2 is 2.04 bits per heavy atom. The number of nitrogens with zero attached hydrogens (tertiary/aromatic N) is 4. The average Bonchev–Trinajstić information content (AvgIpc) is 3.27. The first-order valence-corrected chi connectivity index (χ1v) is 9.33. The van der Waals surface area contributed by atoms with Crippen LogP contribution in [0.2, 0.25) is 0 Å². The fourth-order valence-corrected chi connectivity index (χ4v) is 3.47. The Balaban J connectivity index is 1.58. The highest BCUT2D eigenvalue weighted by Crippen LogP contribution is 2.27. The topological polar surface area (TPSA) is 92.9 Å². The minimum atomic E-state index is -0.106. The van der Waals surface area contributed by atoms with Crippen LogP contribution < -0.4 is 5.32 Å². The van der Waals surface area contributed by atoms with Crippen LogP contribution in [-0.4, -0.2) is 69.2 Å². The van der Waals surface area contributed by atoms with E-state index in [2.05, 4.69) is 63.4 Å². The maximum absolute atomic E-state index is 12.6. The highest BCUT2D eigenvalue weighted by atomic mass is 16.2. The molecule has 4 rings (SSSR count). The van der Waals surface area contributed by atoms with Gasteiger partial charge in [-0.1, -0.05) is 6.92 Å². The van der Waals surface area contributed by atoms with Crippen LogP contribution in [-0.2, 0) is 6.42 Å². The molecule has 0 radical (unpaired) electrons. The SMILES string of the molecule is CCc1cc2nc(-c3n[nH]cc3NC(=O)N3CCN(C)CC3)[nH]c2cc1C. The van der Waals surface area contributed by atoms with Gasteiger partial charge in [-0.2, -0.15) is 5.10 Å². The van der Waals surface area contributed by atoms with Gasteiger partial charge in [0.15, 0.2) is 11.5 Å². The zero-order valence-corrected chi connectivity index (χ0v) is 16.0. The van der Waals surface area contributed by atoms with Gasteiger partial charge in [0.05, 0.1) is 16.7 Å². The molecule has 0 spiro atoms. The van der Waals surface area contributed by atoms with Crippen molar-refractivity contribution in [3.05, 3.63) is 29.5 Å². The van der Waals surface area contributed by atoms with Gasteiger partial charge < -0.3 is 20.1 Å². The second-order valence-corrected chi connectivity index (χ2v) is 7.10. The molecule has 0 unspecified atom stereocenters. The third kappa shape index (κ3) is 3.40. The summed E-state index contributed by atoms with van der Waals surface area (Å²) in [7, 11) is 2.07. The largest absolute Gasteiger partial charge is 0.337 e. The minimum Gasteiger partial charge on any atom is -0.337 e. The number of piperazine rings is 1. The number of benzene rings is 1. The summed E-state index contributed by atoms with van der Waals surface area (Å²) in [4.78, 5) is 24.6. The van der Waals surface area contributed by atoms with E-state index in [9.17, 15) is 4.79 Å². The van der Waals surface area contributed by atoms with E-state index < -0.39 is 0 Å². The summed E-state index contributed by atoms with van der Waals surface area (Å²) in [6.07, 6.45) is 2.66. The summed E-state index contributed by atoms with van der Waals surface area (Å²) in [5, 5.41) is 10.1. The number of anilines is 1. The second-order valence-electron chi connectivity index (χ2n) is 7.10. The number of imidazole rings is 1. The van der Waals surface area contributed by atoms with Crippen LogP contribution in [0.4, 0.5) is 10.5 Å². The van der Waals surface area contributed by atoms with Gasteiger partial charge in [-0.25, -0.2) is 9.78 Å². The van der Waals surface area contributed by atoms with Crippen LogP contribution in [0.1, 0.15) is 18.1 Å². The maximum Gasteiger partial charge on any atom is 0.322 e. The molecule has 1 aliphatic heterocycles. The summed E-state index contributed by atoms with van der Waals surface area (Å²) in [6.45, 7) is 7.46. The van der Waals surface area contributed by atoms with Gasteiger partial charge in [0.1, 0.15) is 0 Å². The van der Waals surface area contributed by atoms with Crippen molar-refractivity contribution in [3.63, 3.8) is 0 Å². The predicted molar refractivity (Wildman–Crippen MR) is 106 cm³/mol. The summed E-state index contributed by atoms with van der Waals surface area (Å²) in [5.41, 5.74) is 5.65. The highest BCUT2D eigenvalue weighted by molar-refractivity contribution is 5.93. The van der Waals surface area contributed by atoms with Gasteiger partial charge in [0.2, 0.25) is 0 Å². The molecular weight excluding hydrogens is 342 g/mol. The number of amides is 2. The number of carbonyl (C=O) groups excluding carboxylic acids is 1. The lowest BCUT2D eigenvalue weighted by atomic mass is 10.1. The van der Waals surface area contributed by atoms with Gasteiger partial charge in [0.25, 0.3) is 0 Å². The molecule has 0 bridgehead atoms. The van der Waals surface area contributed by atoms with Crippen LogP contribution in [0, 0.1) is 6.92 Å². The Hall–Kier alpha value is -2.87. The van der Waals surface area contributed by atoms with Crippen LogP contribution in [0.25, 0.3) is 22.6 Å². The Kier molecular flexibility index (Phi) is 4.57. The summed E-state index contributed by atoms with van der Waals surface area (Å²) in [5.74, 6) is 0.646. The Morgan fingerprint density at radius 1 is 1.26 bits per heavy atom.